The van der Waals surface area contributed by atoms with Crippen molar-refractivity contribution in [2.45, 2.75) is 51.7 Å². The Labute approximate surface area is 111 Å². The predicted molar refractivity (Wildman–Crippen MR) is 74.5 cm³/mol. The molecule has 0 aromatic heterocycles. The molecule has 0 aliphatic carbocycles. The molecule has 0 saturated carbocycles. The van der Waals surface area contributed by atoms with Crippen molar-refractivity contribution in [2.75, 3.05) is 0 Å². The summed E-state index contributed by atoms with van der Waals surface area (Å²) in [7, 11) is 0. The van der Waals surface area contributed by atoms with Crippen LogP contribution in [0.15, 0.2) is 24.3 Å². The predicted octanol–water partition coefficient (Wildman–Crippen LogP) is 4.34. The van der Waals surface area contributed by atoms with Crippen molar-refractivity contribution in [3.63, 3.8) is 0 Å². The Morgan fingerprint density at radius 3 is 2.41 bits per heavy atom. The van der Waals surface area contributed by atoms with Crippen LogP contribution in [0, 0.1) is 5.92 Å². The Morgan fingerprint density at radius 2 is 1.76 bits per heavy atom. The minimum atomic E-state index is 0. The first-order chi connectivity index (χ1) is 7.70. The molecule has 1 fully saturated rings. The van der Waals surface area contributed by atoms with Gasteiger partial charge in [-0.25, -0.2) is 0 Å². The molecule has 1 nitrogen and oxygen atoms in total. The van der Waals surface area contributed by atoms with E-state index < -0.39 is 0 Å². The molecule has 3 atom stereocenters. The lowest BCUT2D eigenvalue weighted by Crippen LogP contribution is -2.39. The fourth-order valence-corrected chi connectivity index (χ4v) is 3.76. The van der Waals surface area contributed by atoms with Gasteiger partial charge < -0.3 is 0 Å². The van der Waals surface area contributed by atoms with Crippen LogP contribution in [0.2, 0.25) is 0 Å². The molecule has 1 aromatic carbocycles. The van der Waals surface area contributed by atoms with E-state index in [0.29, 0.717) is 18.1 Å². The van der Waals surface area contributed by atoms with E-state index in [-0.39, 0.29) is 12.4 Å². The van der Waals surface area contributed by atoms with Crippen LogP contribution in [0.3, 0.4) is 0 Å². The third-order valence-electron chi connectivity index (χ3n) is 4.39. The van der Waals surface area contributed by atoms with Crippen molar-refractivity contribution in [3.8, 4) is 0 Å². The monoisotopic (exact) mass is 251 g/mol. The third kappa shape index (κ3) is 1.80. The Balaban J connectivity index is 0.00000108. The van der Waals surface area contributed by atoms with Crippen LogP contribution < -0.4 is 0 Å². The Bertz CT molecular complexity index is 402. The zero-order valence-electron chi connectivity index (χ0n) is 10.9. The van der Waals surface area contributed by atoms with E-state index in [9.17, 15) is 0 Å². The molecule has 0 radical (unpaired) electrons. The summed E-state index contributed by atoms with van der Waals surface area (Å²) < 4.78 is 0. The average Bonchev–Trinajstić information content (AvgIpc) is 2.54. The molecule has 0 spiro atoms. The van der Waals surface area contributed by atoms with Crippen LogP contribution in [0.4, 0.5) is 0 Å². The molecular weight excluding hydrogens is 230 g/mol. The summed E-state index contributed by atoms with van der Waals surface area (Å²) in [5.41, 5.74) is 3.21. The lowest BCUT2D eigenvalue weighted by molar-refractivity contribution is 0.0395. The van der Waals surface area contributed by atoms with Gasteiger partial charge in [0.05, 0.1) is 0 Å². The number of rotatable bonds is 1. The highest BCUT2D eigenvalue weighted by Crippen LogP contribution is 2.53. The highest BCUT2D eigenvalue weighted by atomic mass is 35.5. The van der Waals surface area contributed by atoms with E-state index in [1.807, 2.05) is 0 Å². The van der Waals surface area contributed by atoms with Crippen molar-refractivity contribution in [1.29, 1.82) is 0 Å². The fourth-order valence-electron chi connectivity index (χ4n) is 3.76. The van der Waals surface area contributed by atoms with E-state index in [2.05, 4.69) is 49.9 Å². The molecule has 2 heteroatoms. The zero-order valence-corrected chi connectivity index (χ0v) is 11.7. The second-order valence-electron chi connectivity index (χ2n) is 5.69. The van der Waals surface area contributed by atoms with Gasteiger partial charge in [0.1, 0.15) is 0 Å². The molecule has 2 bridgehead atoms. The lowest BCUT2D eigenvalue weighted by atomic mass is 9.89. The van der Waals surface area contributed by atoms with Crippen LogP contribution in [-0.2, 0) is 0 Å². The van der Waals surface area contributed by atoms with Crippen LogP contribution in [0.5, 0.6) is 0 Å². The topological polar surface area (TPSA) is 3.24 Å². The maximum atomic E-state index is 2.73. The fraction of sp³-hybridized carbons (Fsp3) is 0.600. The minimum Gasteiger partial charge on any atom is -0.287 e. The van der Waals surface area contributed by atoms with Crippen molar-refractivity contribution in [2.24, 2.45) is 5.92 Å². The van der Waals surface area contributed by atoms with Crippen LogP contribution in [-0.4, -0.2) is 10.9 Å². The van der Waals surface area contributed by atoms with Gasteiger partial charge in [0.2, 0.25) is 0 Å². The number of piperidine rings is 1. The molecular formula is C15H22ClN. The van der Waals surface area contributed by atoms with Crippen LogP contribution in [0.25, 0.3) is 0 Å². The highest BCUT2D eigenvalue weighted by molar-refractivity contribution is 5.85. The van der Waals surface area contributed by atoms with Crippen molar-refractivity contribution >= 4 is 12.4 Å². The molecule has 0 N–H and O–H groups in total. The van der Waals surface area contributed by atoms with Crippen molar-refractivity contribution in [1.82, 2.24) is 4.90 Å². The lowest BCUT2D eigenvalue weighted by Gasteiger charge is -2.41. The summed E-state index contributed by atoms with van der Waals surface area (Å²) in [6, 6.07) is 11.1. The molecule has 94 valence electrons. The number of fused-ring (bicyclic) bond motifs is 5. The summed E-state index contributed by atoms with van der Waals surface area (Å²) in [4.78, 5) is 2.73. The highest BCUT2D eigenvalue weighted by Gasteiger charge is 2.44. The molecule has 2 aliphatic heterocycles. The quantitative estimate of drug-likeness (QED) is 0.718. The summed E-state index contributed by atoms with van der Waals surface area (Å²) >= 11 is 0. The van der Waals surface area contributed by atoms with Gasteiger partial charge in [0.25, 0.3) is 0 Å². The molecule has 0 amide bonds. The maximum Gasteiger partial charge on any atom is 0.0385 e. The van der Waals surface area contributed by atoms with E-state index in [4.69, 9.17) is 0 Å². The molecule has 3 unspecified atom stereocenters. The molecule has 2 aliphatic rings. The number of halogens is 1. The van der Waals surface area contributed by atoms with Gasteiger partial charge in [-0.3, -0.25) is 4.90 Å². The largest absolute Gasteiger partial charge is 0.287 e. The number of benzene rings is 1. The van der Waals surface area contributed by atoms with Gasteiger partial charge in [0, 0.05) is 18.1 Å². The molecule has 3 rings (SSSR count). The second-order valence-corrected chi connectivity index (χ2v) is 5.69. The van der Waals surface area contributed by atoms with Crippen molar-refractivity contribution < 1.29 is 0 Å². The normalized spacial score (nSPS) is 31.2. The number of nitrogens with zero attached hydrogens (tertiary/aromatic N) is 1. The first kappa shape index (κ1) is 12.9. The minimum absolute atomic E-state index is 0. The zero-order chi connectivity index (χ0) is 11.3. The van der Waals surface area contributed by atoms with Gasteiger partial charge in [0.15, 0.2) is 0 Å². The van der Waals surface area contributed by atoms with Gasteiger partial charge in [-0.05, 0) is 43.7 Å². The summed E-state index contributed by atoms with van der Waals surface area (Å²) in [5.74, 6) is 0.808. The van der Waals surface area contributed by atoms with Gasteiger partial charge in [-0.15, -0.1) is 12.4 Å². The third-order valence-corrected chi connectivity index (χ3v) is 4.39. The first-order valence-electron chi connectivity index (χ1n) is 6.56. The molecule has 17 heavy (non-hydrogen) atoms. The van der Waals surface area contributed by atoms with Gasteiger partial charge in [-0.1, -0.05) is 31.2 Å². The maximum absolute atomic E-state index is 2.73. The Kier molecular flexibility index (Phi) is 3.51. The van der Waals surface area contributed by atoms with E-state index in [1.165, 1.54) is 12.8 Å². The summed E-state index contributed by atoms with van der Waals surface area (Å²) in [5, 5.41) is 0. The second kappa shape index (κ2) is 4.62. The van der Waals surface area contributed by atoms with E-state index in [0.717, 1.165) is 5.92 Å². The SMILES string of the molecule is CC1CCC2c3ccccc3C1N2C(C)C.Cl. The Morgan fingerprint density at radius 1 is 1.12 bits per heavy atom. The van der Waals surface area contributed by atoms with E-state index >= 15 is 0 Å². The van der Waals surface area contributed by atoms with Gasteiger partial charge >= 0.3 is 0 Å². The summed E-state index contributed by atoms with van der Waals surface area (Å²) in [6.45, 7) is 7.09. The van der Waals surface area contributed by atoms with E-state index in [1.54, 1.807) is 11.1 Å². The molecule has 1 aromatic rings. The van der Waals surface area contributed by atoms with Crippen LogP contribution >= 0.6 is 12.4 Å². The summed E-state index contributed by atoms with van der Waals surface area (Å²) in [6.07, 6.45) is 2.72. The smallest absolute Gasteiger partial charge is 0.0385 e. The van der Waals surface area contributed by atoms with Crippen molar-refractivity contribution in [3.05, 3.63) is 35.4 Å². The number of hydrogen-bond donors (Lipinski definition) is 0. The molecule has 1 saturated heterocycles. The van der Waals surface area contributed by atoms with Crippen LogP contribution in [0.1, 0.15) is 56.8 Å². The standard InChI is InChI=1S/C15H21N.ClH/c1-10(2)16-14-9-8-11(3)15(16)13-7-5-4-6-12(13)14;/h4-7,10-11,14-15H,8-9H2,1-3H3;1H. The number of hydrogen-bond acceptors (Lipinski definition) is 1. The Hall–Kier alpha value is -0.530. The van der Waals surface area contributed by atoms with Gasteiger partial charge in [-0.2, -0.15) is 0 Å². The average molecular weight is 252 g/mol. The molecule has 2 heterocycles. The first-order valence-corrected chi connectivity index (χ1v) is 6.56.